The van der Waals surface area contributed by atoms with Crippen LogP contribution in [0.25, 0.3) is 0 Å². The van der Waals surface area contributed by atoms with Crippen LogP contribution in [0.5, 0.6) is 0 Å². The van der Waals surface area contributed by atoms with Crippen molar-refractivity contribution < 1.29 is 27.9 Å². The molecule has 0 saturated heterocycles. The number of nitrogens with zero attached hydrogens (tertiary/aromatic N) is 1. The number of carbonyl (C=O) groups excluding carboxylic acids is 1. The largest absolute Gasteiger partial charge is 0.465 e. The molecular formula is C13H12F3NO3. The molecule has 1 heterocycles. The first-order chi connectivity index (χ1) is 9.21. The molecule has 1 amide bonds. The molecule has 4 nitrogen and oxygen atoms in total. The molecule has 7 heteroatoms. The molecule has 0 unspecified atom stereocenters. The number of anilines is 1. The highest BCUT2D eigenvalue weighted by Gasteiger charge is 2.35. The van der Waals surface area contributed by atoms with E-state index in [1.165, 1.54) is 6.92 Å². The van der Waals surface area contributed by atoms with Crippen LogP contribution in [-0.4, -0.2) is 23.5 Å². The van der Waals surface area contributed by atoms with Gasteiger partial charge < -0.3 is 5.11 Å². The Morgan fingerprint density at radius 1 is 1.35 bits per heavy atom. The Labute approximate surface area is 112 Å². The Morgan fingerprint density at radius 3 is 2.55 bits per heavy atom. The fourth-order valence-electron chi connectivity index (χ4n) is 2.30. The maximum absolute atomic E-state index is 12.9. The van der Waals surface area contributed by atoms with Crippen LogP contribution in [0.1, 0.15) is 34.3 Å². The Balaban J connectivity index is 2.68. The number of hydrogen-bond acceptors (Lipinski definition) is 2. The summed E-state index contributed by atoms with van der Waals surface area (Å²) in [6.07, 6.45) is -5.53. The third-order valence-electron chi connectivity index (χ3n) is 3.26. The Kier molecular flexibility index (Phi) is 3.45. The average Bonchev–Trinajstić information content (AvgIpc) is 2.47. The van der Waals surface area contributed by atoms with Gasteiger partial charge in [0.15, 0.2) is 5.78 Å². The molecule has 1 N–H and O–H groups in total. The van der Waals surface area contributed by atoms with Gasteiger partial charge in [0, 0.05) is 18.5 Å². The number of amides is 1. The molecule has 1 aromatic carbocycles. The van der Waals surface area contributed by atoms with Crippen molar-refractivity contribution in [3.05, 3.63) is 28.8 Å². The summed E-state index contributed by atoms with van der Waals surface area (Å²) in [7, 11) is 0. The first-order valence-electron chi connectivity index (χ1n) is 5.97. The van der Waals surface area contributed by atoms with E-state index < -0.39 is 17.8 Å². The summed E-state index contributed by atoms with van der Waals surface area (Å²) < 4.78 is 38.7. The smallest absolute Gasteiger partial charge is 0.416 e. The average molecular weight is 287 g/mol. The minimum absolute atomic E-state index is 0.00836. The molecule has 1 aliphatic heterocycles. The molecule has 108 valence electrons. The maximum atomic E-state index is 12.9. The number of fused-ring (bicyclic) bond motifs is 1. The van der Waals surface area contributed by atoms with Crippen LogP contribution in [0.15, 0.2) is 12.1 Å². The summed E-state index contributed by atoms with van der Waals surface area (Å²) in [5.41, 5.74) is -1.15. The van der Waals surface area contributed by atoms with Gasteiger partial charge in [-0.25, -0.2) is 4.79 Å². The minimum Gasteiger partial charge on any atom is -0.465 e. The number of Topliss-reactive ketones (excluding diaryl/α,β-unsaturated/α-hetero) is 1. The van der Waals surface area contributed by atoms with E-state index in [0.29, 0.717) is 6.42 Å². The topological polar surface area (TPSA) is 57.6 Å². The highest BCUT2D eigenvalue weighted by atomic mass is 19.4. The van der Waals surface area contributed by atoms with Gasteiger partial charge in [0.2, 0.25) is 0 Å². The van der Waals surface area contributed by atoms with Crippen LogP contribution >= 0.6 is 0 Å². The van der Waals surface area contributed by atoms with E-state index in [0.717, 1.165) is 17.0 Å². The predicted molar refractivity (Wildman–Crippen MR) is 65.1 cm³/mol. The molecular weight excluding hydrogens is 275 g/mol. The van der Waals surface area contributed by atoms with Gasteiger partial charge in [0.05, 0.1) is 11.3 Å². The van der Waals surface area contributed by atoms with Gasteiger partial charge in [-0.1, -0.05) is 0 Å². The second kappa shape index (κ2) is 4.81. The lowest BCUT2D eigenvalue weighted by Crippen LogP contribution is -2.30. The summed E-state index contributed by atoms with van der Waals surface area (Å²) in [5, 5.41) is 9.09. The lowest BCUT2D eigenvalue weighted by atomic mass is 9.99. The zero-order valence-electron chi connectivity index (χ0n) is 10.6. The fourth-order valence-corrected chi connectivity index (χ4v) is 2.30. The van der Waals surface area contributed by atoms with Crippen molar-refractivity contribution in [3.63, 3.8) is 0 Å². The Hall–Kier alpha value is -2.05. The van der Waals surface area contributed by atoms with Crippen molar-refractivity contribution in [2.24, 2.45) is 0 Å². The zero-order valence-corrected chi connectivity index (χ0v) is 10.6. The molecule has 20 heavy (non-hydrogen) atoms. The summed E-state index contributed by atoms with van der Waals surface area (Å²) in [6.45, 7) is 1.26. The molecule has 1 aromatic rings. The zero-order chi connectivity index (χ0) is 15.1. The standard InChI is InChI=1S/C13H12F3NO3/c1-7-5-8-10(6-9(7)13(14,15)16)17(12(19)20)4-2-3-11(8)18/h5-6H,2-4H2,1H3,(H,19,20). The summed E-state index contributed by atoms with van der Waals surface area (Å²) >= 11 is 0. The van der Waals surface area contributed by atoms with Crippen molar-refractivity contribution >= 4 is 17.6 Å². The minimum atomic E-state index is -4.58. The van der Waals surface area contributed by atoms with Gasteiger partial charge in [0.1, 0.15) is 0 Å². The third kappa shape index (κ3) is 2.48. The highest BCUT2D eigenvalue weighted by molar-refractivity contribution is 6.05. The van der Waals surface area contributed by atoms with Crippen LogP contribution in [0.3, 0.4) is 0 Å². The number of aryl methyl sites for hydroxylation is 1. The number of carbonyl (C=O) groups is 2. The predicted octanol–water partition coefficient (Wildman–Crippen LogP) is 3.47. The first-order valence-corrected chi connectivity index (χ1v) is 5.97. The van der Waals surface area contributed by atoms with E-state index in [4.69, 9.17) is 5.11 Å². The van der Waals surface area contributed by atoms with Crippen LogP contribution < -0.4 is 4.90 Å². The second-order valence-electron chi connectivity index (χ2n) is 4.64. The van der Waals surface area contributed by atoms with E-state index >= 15 is 0 Å². The number of carboxylic acid groups (broad SMARTS) is 1. The van der Waals surface area contributed by atoms with E-state index in [1.807, 2.05) is 0 Å². The summed E-state index contributed by atoms with van der Waals surface area (Å²) in [4.78, 5) is 23.8. The maximum Gasteiger partial charge on any atom is 0.416 e. The lowest BCUT2D eigenvalue weighted by molar-refractivity contribution is -0.138. The lowest BCUT2D eigenvalue weighted by Gasteiger charge is -2.21. The molecule has 0 atom stereocenters. The Morgan fingerprint density at radius 2 is 2.00 bits per heavy atom. The molecule has 0 fully saturated rings. The number of benzene rings is 1. The van der Waals surface area contributed by atoms with E-state index in [1.54, 1.807) is 0 Å². The number of rotatable bonds is 0. The van der Waals surface area contributed by atoms with E-state index in [2.05, 4.69) is 0 Å². The molecule has 0 aromatic heterocycles. The molecule has 0 aliphatic carbocycles. The molecule has 0 bridgehead atoms. The third-order valence-corrected chi connectivity index (χ3v) is 3.26. The normalized spacial score (nSPS) is 15.8. The number of alkyl halides is 3. The fraction of sp³-hybridized carbons (Fsp3) is 0.385. The summed E-state index contributed by atoms with van der Waals surface area (Å²) in [5.74, 6) is -0.333. The quantitative estimate of drug-likeness (QED) is 0.794. The van der Waals surface area contributed by atoms with Gasteiger partial charge in [-0.05, 0) is 31.0 Å². The summed E-state index contributed by atoms with van der Waals surface area (Å²) in [6, 6.07) is 1.88. The monoisotopic (exact) mass is 287 g/mol. The van der Waals surface area contributed by atoms with Crippen molar-refractivity contribution in [1.29, 1.82) is 0 Å². The van der Waals surface area contributed by atoms with Crippen LogP contribution in [0.2, 0.25) is 0 Å². The van der Waals surface area contributed by atoms with Crippen molar-refractivity contribution in [1.82, 2.24) is 0 Å². The van der Waals surface area contributed by atoms with Gasteiger partial charge in [0.25, 0.3) is 0 Å². The van der Waals surface area contributed by atoms with E-state index in [9.17, 15) is 22.8 Å². The second-order valence-corrected chi connectivity index (χ2v) is 4.64. The van der Waals surface area contributed by atoms with Gasteiger partial charge in [-0.2, -0.15) is 13.2 Å². The number of halogens is 3. The SMILES string of the molecule is Cc1cc2c(cc1C(F)(F)F)N(C(=O)O)CCCC2=O. The van der Waals surface area contributed by atoms with E-state index in [-0.39, 0.29) is 35.6 Å². The molecule has 0 radical (unpaired) electrons. The number of hydrogen-bond donors (Lipinski definition) is 1. The van der Waals surface area contributed by atoms with Crippen LogP contribution in [-0.2, 0) is 6.18 Å². The highest BCUT2D eigenvalue weighted by Crippen LogP contribution is 2.37. The van der Waals surface area contributed by atoms with Crippen molar-refractivity contribution in [3.8, 4) is 0 Å². The van der Waals surface area contributed by atoms with Gasteiger partial charge >= 0.3 is 12.3 Å². The first kappa shape index (κ1) is 14.4. The van der Waals surface area contributed by atoms with Crippen molar-refractivity contribution in [2.45, 2.75) is 25.9 Å². The Bertz CT molecular complexity index is 581. The number of ketones is 1. The molecule has 2 rings (SSSR count). The van der Waals surface area contributed by atoms with Gasteiger partial charge in [-0.3, -0.25) is 9.69 Å². The van der Waals surface area contributed by atoms with Crippen molar-refractivity contribution in [2.75, 3.05) is 11.4 Å². The molecule has 0 saturated carbocycles. The molecule has 0 spiro atoms. The van der Waals surface area contributed by atoms with Crippen LogP contribution in [0, 0.1) is 6.92 Å². The van der Waals surface area contributed by atoms with Gasteiger partial charge in [-0.15, -0.1) is 0 Å². The van der Waals surface area contributed by atoms with Crippen LogP contribution in [0.4, 0.5) is 23.7 Å². The molecule has 1 aliphatic rings.